The molecule has 1 amide bonds. The predicted octanol–water partition coefficient (Wildman–Crippen LogP) is 1.52. The number of hydrogen-bond donors (Lipinski definition) is 3. The smallest absolute Gasteiger partial charge is 0.322 e. The van der Waals surface area contributed by atoms with Crippen LogP contribution in [-0.4, -0.2) is 38.8 Å². The van der Waals surface area contributed by atoms with Crippen LogP contribution < -0.4 is 5.32 Å². The van der Waals surface area contributed by atoms with Gasteiger partial charge in [-0.25, -0.2) is 0 Å². The van der Waals surface area contributed by atoms with E-state index in [0.717, 1.165) is 11.1 Å². The van der Waals surface area contributed by atoms with Crippen LogP contribution in [-0.2, 0) is 12.8 Å². The normalized spacial score (nSPS) is 12.0. The van der Waals surface area contributed by atoms with Crippen molar-refractivity contribution >= 4 is 11.6 Å². The Morgan fingerprint density at radius 3 is 2.62 bits per heavy atom. The number of H-pyrrole nitrogens is 1. The molecule has 2 rings (SSSR count). The second-order valence-corrected chi connectivity index (χ2v) is 5.55. The molecule has 1 unspecified atom stereocenters. The Morgan fingerprint density at radius 2 is 2.08 bits per heavy atom. The van der Waals surface area contributed by atoms with E-state index in [1.807, 2.05) is 31.2 Å². The van der Waals surface area contributed by atoms with Crippen LogP contribution in [0.4, 0.5) is 5.69 Å². The summed E-state index contributed by atoms with van der Waals surface area (Å²) in [7, 11) is 0. The van der Waals surface area contributed by atoms with Gasteiger partial charge in [0.2, 0.25) is 5.69 Å². The number of carbonyl (C=O) groups is 1. The quantitative estimate of drug-likeness (QED) is 0.524. The molecule has 0 saturated heterocycles. The molecule has 24 heavy (non-hydrogen) atoms. The molecule has 0 saturated carbocycles. The summed E-state index contributed by atoms with van der Waals surface area (Å²) in [6.07, 6.45) is 0.783. The van der Waals surface area contributed by atoms with Crippen molar-refractivity contribution in [1.82, 2.24) is 15.5 Å². The lowest BCUT2D eigenvalue weighted by atomic mass is 10.0. The third kappa shape index (κ3) is 3.96. The lowest BCUT2D eigenvalue weighted by Crippen LogP contribution is -2.39. The van der Waals surface area contributed by atoms with Gasteiger partial charge in [0.15, 0.2) is 0 Å². The average molecular weight is 332 g/mol. The Hall–Kier alpha value is -2.74. The van der Waals surface area contributed by atoms with Crippen molar-refractivity contribution in [2.24, 2.45) is 0 Å². The molecule has 0 bridgehead atoms. The van der Waals surface area contributed by atoms with Crippen LogP contribution in [0.25, 0.3) is 0 Å². The number of nitro groups is 1. The molecule has 0 radical (unpaired) electrons. The highest BCUT2D eigenvalue weighted by Crippen LogP contribution is 2.21. The number of benzene rings is 1. The van der Waals surface area contributed by atoms with Gasteiger partial charge in [-0.3, -0.25) is 20.0 Å². The average Bonchev–Trinajstić information content (AvgIpc) is 3.00. The minimum Gasteiger partial charge on any atom is -0.394 e. The zero-order chi connectivity index (χ0) is 17.7. The summed E-state index contributed by atoms with van der Waals surface area (Å²) in [4.78, 5) is 22.8. The van der Waals surface area contributed by atoms with Crippen LogP contribution in [0.3, 0.4) is 0 Å². The van der Waals surface area contributed by atoms with E-state index in [-0.39, 0.29) is 18.0 Å². The number of amides is 1. The van der Waals surface area contributed by atoms with Crippen LogP contribution in [0.5, 0.6) is 0 Å². The number of aromatic amines is 1. The zero-order valence-electron chi connectivity index (χ0n) is 13.6. The summed E-state index contributed by atoms with van der Waals surface area (Å²) in [6.45, 7) is 3.42. The Labute approximate surface area is 139 Å². The fraction of sp³-hybridized carbons (Fsp3) is 0.375. The lowest BCUT2D eigenvalue weighted by molar-refractivity contribution is -0.385. The summed E-state index contributed by atoms with van der Waals surface area (Å²) in [6, 6.07) is 7.16. The van der Waals surface area contributed by atoms with Crippen LogP contribution in [0.15, 0.2) is 24.3 Å². The van der Waals surface area contributed by atoms with E-state index in [1.165, 1.54) is 0 Å². The minimum atomic E-state index is -0.677. The molecule has 3 N–H and O–H groups in total. The van der Waals surface area contributed by atoms with E-state index in [1.54, 1.807) is 6.92 Å². The lowest BCUT2D eigenvalue weighted by Gasteiger charge is -2.15. The first-order valence-electron chi connectivity index (χ1n) is 7.65. The molecule has 8 nitrogen and oxygen atoms in total. The molecule has 128 valence electrons. The first-order valence-corrected chi connectivity index (χ1v) is 7.65. The number of nitrogens with zero attached hydrogens (tertiary/aromatic N) is 2. The minimum absolute atomic E-state index is 0.265. The molecule has 1 aromatic carbocycles. The fourth-order valence-electron chi connectivity index (χ4n) is 2.40. The standard InChI is InChI=1S/C16H20N4O4/c1-3-13-15(20(23)24)14(19-18-13)16(22)17-12(9-21)8-11-6-4-10(2)5-7-11/h4-7,12,21H,3,8-9H2,1-2H3,(H,17,22)(H,18,19). The molecule has 2 aromatic rings. The van der Waals surface area contributed by atoms with Gasteiger partial charge in [-0.1, -0.05) is 36.8 Å². The highest BCUT2D eigenvalue weighted by molar-refractivity contribution is 5.96. The number of aliphatic hydroxyl groups is 1. The highest BCUT2D eigenvalue weighted by atomic mass is 16.6. The SMILES string of the molecule is CCc1[nH]nc(C(=O)NC(CO)Cc2ccc(C)cc2)c1[N+](=O)[O-]. The molecule has 0 fully saturated rings. The van der Waals surface area contributed by atoms with Gasteiger partial charge < -0.3 is 10.4 Å². The summed E-state index contributed by atoms with van der Waals surface area (Å²) in [5, 5.41) is 29.5. The van der Waals surface area contributed by atoms with Crippen molar-refractivity contribution < 1.29 is 14.8 Å². The second kappa shape index (κ2) is 7.69. The van der Waals surface area contributed by atoms with Gasteiger partial charge >= 0.3 is 5.69 Å². The van der Waals surface area contributed by atoms with E-state index in [4.69, 9.17) is 0 Å². The molecular weight excluding hydrogens is 312 g/mol. The van der Waals surface area contributed by atoms with Crippen molar-refractivity contribution in [3.8, 4) is 0 Å². The number of carbonyl (C=O) groups excluding carboxylic acids is 1. The zero-order valence-corrected chi connectivity index (χ0v) is 13.6. The van der Waals surface area contributed by atoms with Crippen molar-refractivity contribution in [3.63, 3.8) is 0 Å². The van der Waals surface area contributed by atoms with Crippen LogP contribution >= 0.6 is 0 Å². The Morgan fingerprint density at radius 1 is 1.42 bits per heavy atom. The molecular formula is C16H20N4O4. The largest absolute Gasteiger partial charge is 0.394 e. The summed E-state index contributed by atoms with van der Waals surface area (Å²) < 4.78 is 0. The first-order chi connectivity index (χ1) is 11.5. The van der Waals surface area contributed by atoms with Gasteiger partial charge in [-0.15, -0.1) is 0 Å². The Bertz CT molecular complexity index is 724. The second-order valence-electron chi connectivity index (χ2n) is 5.55. The van der Waals surface area contributed by atoms with Gasteiger partial charge in [0.25, 0.3) is 5.91 Å². The number of aryl methyl sites for hydroxylation is 2. The van der Waals surface area contributed by atoms with Gasteiger partial charge in [-0.05, 0) is 25.3 Å². The molecule has 1 atom stereocenters. The summed E-state index contributed by atoms with van der Waals surface area (Å²) >= 11 is 0. The maximum atomic E-state index is 12.3. The van der Waals surface area contributed by atoms with Gasteiger partial charge in [0, 0.05) is 0 Å². The number of aliphatic hydroxyl groups excluding tert-OH is 1. The molecule has 0 aliphatic heterocycles. The number of nitrogens with one attached hydrogen (secondary N) is 2. The monoisotopic (exact) mass is 332 g/mol. The first kappa shape index (κ1) is 17.6. The summed E-state index contributed by atoms with van der Waals surface area (Å²) in [5.41, 5.74) is 1.78. The van der Waals surface area contributed by atoms with E-state index in [9.17, 15) is 20.0 Å². The molecule has 0 aliphatic rings. The van der Waals surface area contributed by atoms with Crippen LogP contribution in [0.2, 0.25) is 0 Å². The third-order valence-electron chi connectivity index (χ3n) is 3.72. The fourth-order valence-corrected chi connectivity index (χ4v) is 2.40. The maximum absolute atomic E-state index is 12.3. The van der Waals surface area contributed by atoms with Gasteiger partial charge in [0.05, 0.1) is 17.6 Å². The third-order valence-corrected chi connectivity index (χ3v) is 3.72. The predicted molar refractivity (Wildman–Crippen MR) is 87.8 cm³/mol. The highest BCUT2D eigenvalue weighted by Gasteiger charge is 2.29. The van der Waals surface area contributed by atoms with E-state index < -0.39 is 16.9 Å². The van der Waals surface area contributed by atoms with Crippen molar-refractivity contribution in [2.45, 2.75) is 32.7 Å². The van der Waals surface area contributed by atoms with Gasteiger partial charge in [0.1, 0.15) is 5.69 Å². The van der Waals surface area contributed by atoms with E-state index >= 15 is 0 Å². The topological polar surface area (TPSA) is 121 Å². The maximum Gasteiger partial charge on any atom is 0.322 e. The number of aromatic nitrogens is 2. The number of hydrogen-bond acceptors (Lipinski definition) is 5. The van der Waals surface area contributed by atoms with Crippen LogP contribution in [0.1, 0.15) is 34.2 Å². The van der Waals surface area contributed by atoms with Gasteiger partial charge in [-0.2, -0.15) is 5.10 Å². The molecule has 1 heterocycles. The Kier molecular flexibility index (Phi) is 5.64. The molecule has 8 heteroatoms. The number of rotatable bonds is 7. The molecule has 0 spiro atoms. The van der Waals surface area contributed by atoms with Crippen molar-refractivity contribution in [1.29, 1.82) is 0 Å². The van der Waals surface area contributed by atoms with E-state index in [2.05, 4.69) is 15.5 Å². The summed E-state index contributed by atoms with van der Waals surface area (Å²) in [5.74, 6) is -0.677. The van der Waals surface area contributed by atoms with Crippen molar-refractivity contribution in [3.05, 3.63) is 56.9 Å². The molecule has 1 aromatic heterocycles. The van der Waals surface area contributed by atoms with Crippen molar-refractivity contribution in [2.75, 3.05) is 6.61 Å². The molecule has 0 aliphatic carbocycles. The van der Waals surface area contributed by atoms with Crippen LogP contribution in [0, 0.1) is 17.0 Å². The van der Waals surface area contributed by atoms with E-state index in [0.29, 0.717) is 18.5 Å². The Balaban J connectivity index is 2.13.